The maximum atomic E-state index is 11.4. The fraction of sp³-hybridized carbons (Fsp3) is 0.450. The summed E-state index contributed by atoms with van der Waals surface area (Å²) in [6.45, 7) is 10.3. The lowest BCUT2D eigenvalue weighted by molar-refractivity contribution is -0.132. The van der Waals surface area contributed by atoms with E-state index < -0.39 is 5.97 Å². The fourth-order valence-electron chi connectivity index (χ4n) is 2.10. The van der Waals surface area contributed by atoms with Crippen LogP contribution in [0.25, 0.3) is 0 Å². The first-order valence-electron chi connectivity index (χ1n) is 8.00. The van der Waals surface area contributed by atoms with Crippen LogP contribution in [0.15, 0.2) is 59.8 Å². The molecule has 122 valence electrons. The van der Waals surface area contributed by atoms with Crippen LogP contribution in [0.4, 0.5) is 0 Å². The third kappa shape index (κ3) is 9.98. The first-order valence-corrected chi connectivity index (χ1v) is 8.00. The van der Waals surface area contributed by atoms with Gasteiger partial charge in [0.2, 0.25) is 0 Å². The highest BCUT2D eigenvalue weighted by Crippen LogP contribution is 2.18. The number of carbonyl (C=O) groups is 1. The van der Waals surface area contributed by atoms with Crippen LogP contribution in [0.1, 0.15) is 47.5 Å². The van der Waals surface area contributed by atoms with E-state index in [0.29, 0.717) is 11.5 Å². The molecule has 0 bridgehead atoms. The second kappa shape index (κ2) is 11.8. The van der Waals surface area contributed by atoms with E-state index in [2.05, 4.69) is 20.8 Å². The van der Waals surface area contributed by atoms with E-state index in [0.717, 1.165) is 18.4 Å². The van der Waals surface area contributed by atoms with E-state index in [1.54, 1.807) is 6.08 Å². The molecule has 0 aromatic carbocycles. The molecule has 0 radical (unpaired) electrons. The summed E-state index contributed by atoms with van der Waals surface area (Å²) in [6.07, 6.45) is 17.3. The maximum Gasteiger partial charge on any atom is 0.335 e. The molecule has 0 heterocycles. The molecule has 1 N–H and O–H groups in total. The van der Waals surface area contributed by atoms with Gasteiger partial charge in [-0.3, -0.25) is 0 Å². The Hall–Kier alpha value is -1.83. The highest BCUT2D eigenvalue weighted by Gasteiger charge is 2.09. The minimum Gasteiger partial charge on any atom is -0.478 e. The normalized spacial score (nSPS) is 16.8. The first kappa shape index (κ1) is 20.2. The predicted molar refractivity (Wildman–Crippen MR) is 95.8 cm³/mol. The summed E-state index contributed by atoms with van der Waals surface area (Å²) >= 11 is 0. The van der Waals surface area contributed by atoms with Gasteiger partial charge >= 0.3 is 5.97 Å². The van der Waals surface area contributed by atoms with Gasteiger partial charge in [0.1, 0.15) is 0 Å². The van der Waals surface area contributed by atoms with E-state index >= 15 is 0 Å². The van der Waals surface area contributed by atoms with Crippen molar-refractivity contribution >= 4 is 5.97 Å². The molecule has 0 aromatic heterocycles. The number of aliphatic carboxylic acids is 1. The van der Waals surface area contributed by atoms with Gasteiger partial charge in [-0.15, -0.1) is 0 Å². The monoisotopic (exact) mass is 302 g/mol. The SMILES string of the molecule is CC=CC=CC=CC(C)=CC(=CC(C)CC(C)CC)C(=O)O. The van der Waals surface area contributed by atoms with Crippen LogP contribution in [0.5, 0.6) is 0 Å². The van der Waals surface area contributed by atoms with Crippen molar-refractivity contribution in [1.29, 1.82) is 0 Å². The van der Waals surface area contributed by atoms with Crippen LogP contribution in [-0.4, -0.2) is 11.1 Å². The summed E-state index contributed by atoms with van der Waals surface area (Å²) in [4.78, 5) is 11.4. The Bertz CT molecular complexity index is 476. The van der Waals surface area contributed by atoms with Crippen LogP contribution in [0, 0.1) is 11.8 Å². The standard InChI is InChI=1S/C20H30O2/c1-6-8-9-10-11-12-17(4)14-19(20(21)22)15-18(5)13-16(3)7-2/h6,8-12,14-16,18H,7,13H2,1-5H3,(H,21,22). The smallest absolute Gasteiger partial charge is 0.335 e. The number of carboxylic acids is 1. The predicted octanol–water partition coefficient (Wildman–Crippen LogP) is 5.70. The molecule has 0 aromatic rings. The van der Waals surface area contributed by atoms with Gasteiger partial charge in [-0.05, 0) is 38.2 Å². The van der Waals surface area contributed by atoms with Crippen molar-refractivity contribution < 1.29 is 9.90 Å². The Morgan fingerprint density at radius 3 is 2.32 bits per heavy atom. The molecule has 0 rings (SSSR count). The zero-order valence-corrected chi connectivity index (χ0v) is 14.5. The zero-order chi connectivity index (χ0) is 17.0. The molecule has 0 saturated carbocycles. The van der Waals surface area contributed by atoms with Gasteiger partial charge in [-0.1, -0.05) is 75.3 Å². The summed E-state index contributed by atoms with van der Waals surface area (Å²) in [5.41, 5.74) is 1.30. The van der Waals surface area contributed by atoms with Crippen LogP contribution >= 0.6 is 0 Å². The van der Waals surface area contributed by atoms with Crippen molar-refractivity contribution in [2.45, 2.75) is 47.5 Å². The quantitative estimate of drug-likeness (QED) is 0.438. The van der Waals surface area contributed by atoms with Gasteiger partial charge in [-0.25, -0.2) is 4.79 Å². The molecule has 2 nitrogen and oxygen atoms in total. The lowest BCUT2D eigenvalue weighted by atomic mass is 9.93. The molecular weight excluding hydrogens is 272 g/mol. The average Bonchev–Trinajstić information content (AvgIpc) is 2.45. The molecule has 2 heteroatoms. The van der Waals surface area contributed by atoms with E-state index in [4.69, 9.17) is 0 Å². The minimum atomic E-state index is -0.867. The lowest BCUT2D eigenvalue weighted by Crippen LogP contribution is -2.04. The molecule has 0 amide bonds. The van der Waals surface area contributed by atoms with E-state index in [-0.39, 0.29) is 5.92 Å². The van der Waals surface area contributed by atoms with Crippen molar-refractivity contribution in [3.8, 4) is 0 Å². The summed E-state index contributed by atoms with van der Waals surface area (Å²) < 4.78 is 0. The van der Waals surface area contributed by atoms with Gasteiger partial charge < -0.3 is 5.11 Å². The van der Waals surface area contributed by atoms with Crippen molar-refractivity contribution in [2.24, 2.45) is 11.8 Å². The van der Waals surface area contributed by atoms with Crippen LogP contribution in [0.3, 0.4) is 0 Å². The number of carboxylic acid groups (broad SMARTS) is 1. The molecule has 22 heavy (non-hydrogen) atoms. The summed E-state index contributed by atoms with van der Waals surface area (Å²) in [5, 5.41) is 9.34. The van der Waals surface area contributed by atoms with E-state index in [1.165, 1.54) is 0 Å². The van der Waals surface area contributed by atoms with Crippen LogP contribution < -0.4 is 0 Å². The molecule has 2 unspecified atom stereocenters. The average molecular weight is 302 g/mol. The Balaban J connectivity index is 4.94. The Morgan fingerprint density at radius 1 is 1.14 bits per heavy atom. The molecule has 0 saturated heterocycles. The minimum absolute atomic E-state index is 0.267. The largest absolute Gasteiger partial charge is 0.478 e. The third-order valence-corrected chi connectivity index (χ3v) is 3.45. The highest BCUT2D eigenvalue weighted by atomic mass is 16.4. The molecule has 2 atom stereocenters. The van der Waals surface area contributed by atoms with E-state index in [9.17, 15) is 9.90 Å². The molecule has 0 spiro atoms. The topological polar surface area (TPSA) is 37.3 Å². The Labute approximate surface area is 135 Å². The number of hydrogen-bond donors (Lipinski definition) is 1. The number of allylic oxidation sites excluding steroid dienone is 8. The van der Waals surface area contributed by atoms with Crippen molar-refractivity contribution in [1.82, 2.24) is 0 Å². The molecule has 0 aliphatic rings. The first-order chi connectivity index (χ1) is 10.4. The third-order valence-electron chi connectivity index (χ3n) is 3.45. The summed E-state index contributed by atoms with van der Waals surface area (Å²) in [5.74, 6) is 0.0138. The molecule has 0 aliphatic heterocycles. The molecule has 0 aliphatic carbocycles. The summed E-state index contributed by atoms with van der Waals surface area (Å²) in [6, 6.07) is 0. The van der Waals surface area contributed by atoms with Crippen molar-refractivity contribution in [2.75, 3.05) is 0 Å². The maximum absolute atomic E-state index is 11.4. The van der Waals surface area contributed by atoms with Crippen LogP contribution in [-0.2, 0) is 4.79 Å². The Morgan fingerprint density at radius 2 is 1.77 bits per heavy atom. The fourth-order valence-corrected chi connectivity index (χ4v) is 2.10. The zero-order valence-electron chi connectivity index (χ0n) is 14.5. The second-order valence-corrected chi connectivity index (χ2v) is 5.81. The molecule has 0 fully saturated rings. The van der Waals surface area contributed by atoms with Gasteiger partial charge in [0.25, 0.3) is 0 Å². The molecular formula is C20H30O2. The van der Waals surface area contributed by atoms with Crippen molar-refractivity contribution in [3.63, 3.8) is 0 Å². The van der Waals surface area contributed by atoms with Gasteiger partial charge in [0.15, 0.2) is 0 Å². The van der Waals surface area contributed by atoms with Crippen molar-refractivity contribution in [3.05, 3.63) is 59.8 Å². The highest BCUT2D eigenvalue weighted by molar-refractivity contribution is 5.90. The van der Waals surface area contributed by atoms with E-state index in [1.807, 2.05) is 56.4 Å². The van der Waals surface area contributed by atoms with Crippen LogP contribution in [0.2, 0.25) is 0 Å². The lowest BCUT2D eigenvalue weighted by Gasteiger charge is -2.12. The van der Waals surface area contributed by atoms with Gasteiger partial charge in [-0.2, -0.15) is 0 Å². The summed E-state index contributed by atoms with van der Waals surface area (Å²) in [7, 11) is 0. The van der Waals surface area contributed by atoms with Gasteiger partial charge in [0.05, 0.1) is 5.57 Å². The number of hydrogen-bond acceptors (Lipinski definition) is 1. The Kier molecular flexibility index (Phi) is 10.8. The second-order valence-electron chi connectivity index (χ2n) is 5.81. The number of rotatable bonds is 9. The van der Waals surface area contributed by atoms with Gasteiger partial charge in [0, 0.05) is 0 Å².